The van der Waals surface area contributed by atoms with Crippen molar-refractivity contribution in [2.24, 2.45) is 0 Å². The van der Waals surface area contributed by atoms with E-state index in [1.165, 1.54) is 0 Å². The van der Waals surface area contributed by atoms with Crippen molar-refractivity contribution >= 4 is 29.6 Å². The molecule has 0 unspecified atom stereocenters. The van der Waals surface area contributed by atoms with Crippen LogP contribution in [0.5, 0.6) is 0 Å². The van der Waals surface area contributed by atoms with Crippen LogP contribution in [0.2, 0.25) is 0 Å². The fourth-order valence-corrected chi connectivity index (χ4v) is 3.35. The summed E-state index contributed by atoms with van der Waals surface area (Å²) in [5, 5.41) is 2.78. The van der Waals surface area contributed by atoms with E-state index >= 15 is 0 Å². The highest BCUT2D eigenvalue weighted by Crippen LogP contribution is 2.22. The van der Waals surface area contributed by atoms with Crippen molar-refractivity contribution in [2.75, 3.05) is 44.2 Å². The molecule has 0 saturated carbocycles. The van der Waals surface area contributed by atoms with Crippen molar-refractivity contribution in [2.45, 2.75) is 19.8 Å². The standard InChI is InChI=1S/C20H26N4O3/c1-2-21-20(27)23-14-12-22(13-15-23)18(25)10-7-16-5-8-17(9-6-16)24-11-3-4-19(24)26/h5-10H,2-4,11-15H2,1H3,(H,21,27)/b10-7+. The maximum absolute atomic E-state index is 12.4. The first-order valence-corrected chi connectivity index (χ1v) is 9.48. The van der Waals surface area contributed by atoms with E-state index in [9.17, 15) is 14.4 Å². The summed E-state index contributed by atoms with van der Waals surface area (Å²) in [6.07, 6.45) is 4.87. The number of urea groups is 1. The molecule has 0 spiro atoms. The number of nitrogens with zero attached hydrogens (tertiary/aromatic N) is 3. The van der Waals surface area contributed by atoms with Gasteiger partial charge in [0.05, 0.1) is 0 Å². The predicted molar refractivity (Wildman–Crippen MR) is 104 cm³/mol. The number of rotatable bonds is 4. The molecule has 144 valence electrons. The van der Waals surface area contributed by atoms with Crippen LogP contribution < -0.4 is 10.2 Å². The van der Waals surface area contributed by atoms with Crippen LogP contribution in [0, 0.1) is 0 Å². The van der Waals surface area contributed by atoms with Crippen LogP contribution in [0.3, 0.4) is 0 Å². The molecule has 2 aliphatic rings. The van der Waals surface area contributed by atoms with E-state index in [0.717, 1.165) is 24.2 Å². The Bertz CT molecular complexity index is 721. The first kappa shape index (κ1) is 18.9. The summed E-state index contributed by atoms with van der Waals surface area (Å²) in [5.41, 5.74) is 1.82. The van der Waals surface area contributed by atoms with Crippen LogP contribution >= 0.6 is 0 Å². The maximum Gasteiger partial charge on any atom is 0.317 e. The zero-order valence-corrected chi connectivity index (χ0v) is 15.7. The molecule has 3 rings (SSSR count). The van der Waals surface area contributed by atoms with Gasteiger partial charge in [0.15, 0.2) is 0 Å². The van der Waals surface area contributed by atoms with Crippen LogP contribution in [0.15, 0.2) is 30.3 Å². The van der Waals surface area contributed by atoms with E-state index < -0.39 is 0 Å². The third-order valence-corrected chi connectivity index (χ3v) is 4.90. The lowest BCUT2D eigenvalue weighted by Gasteiger charge is -2.34. The second-order valence-corrected chi connectivity index (χ2v) is 6.72. The van der Waals surface area contributed by atoms with Crippen molar-refractivity contribution in [3.63, 3.8) is 0 Å². The first-order chi connectivity index (χ1) is 13.1. The molecule has 0 aliphatic carbocycles. The Labute approximate surface area is 159 Å². The average Bonchev–Trinajstić information content (AvgIpc) is 3.13. The fraction of sp³-hybridized carbons (Fsp3) is 0.450. The lowest BCUT2D eigenvalue weighted by atomic mass is 10.1. The number of benzene rings is 1. The van der Waals surface area contributed by atoms with Gasteiger partial charge in [-0.2, -0.15) is 0 Å². The topological polar surface area (TPSA) is 73.0 Å². The molecule has 4 amide bonds. The summed E-state index contributed by atoms with van der Waals surface area (Å²) < 4.78 is 0. The van der Waals surface area contributed by atoms with E-state index in [1.54, 1.807) is 26.9 Å². The first-order valence-electron chi connectivity index (χ1n) is 9.48. The molecule has 7 heteroatoms. The Morgan fingerprint density at radius 1 is 1.04 bits per heavy atom. The number of hydrogen-bond donors (Lipinski definition) is 1. The predicted octanol–water partition coefficient (Wildman–Crippen LogP) is 1.70. The largest absolute Gasteiger partial charge is 0.338 e. The van der Waals surface area contributed by atoms with Crippen LogP contribution in [-0.4, -0.2) is 66.9 Å². The number of amides is 4. The molecule has 1 N–H and O–H groups in total. The van der Waals surface area contributed by atoms with Gasteiger partial charge in [-0.25, -0.2) is 4.79 Å². The minimum Gasteiger partial charge on any atom is -0.338 e. The molecule has 1 aromatic rings. The molecule has 0 radical (unpaired) electrons. The van der Waals surface area contributed by atoms with Crippen molar-refractivity contribution in [3.05, 3.63) is 35.9 Å². The van der Waals surface area contributed by atoms with E-state index in [-0.39, 0.29) is 17.8 Å². The normalized spacial score (nSPS) is 17.7. The molecule has 27 heavy (non-hydrogen) atoms. The number of nitrogens with one attached hydrogen (secondary N) is 1. The van der Waals surface area contributed by atoms with Gasteiger partial charge in [-0.1, -0.05) is 12.1 Å². The van der Waals surface area contributed by atoms with Gasteiger partial charge in [0, 0.05) is 57.5 Å². The summed E-state index contributed by atoms with van der Waals surface area (Å²) in [6.45, 7) is 5.43. The summed E-state index contributed by atoms with van der Waals surface area (Å²) in [5.74, 6) is 0.115. The van der Waals surface area contributed by atoms with Gasteiger partial charge in [0.2, 0.25) is 11.8 Å². The molecule has 7 nitrogen and oxygen atoms in total. The third kappa shape index (κ3) is 4.67. The molecule has 2 heterocycles. The maximum atomic E-state index is 12.4. The van der Waals surface area contributed by atoms with E-state index in [0.29, 0.717) is 39.1 Å². The summed E-state index contributed by atoms with van der Waals surface area (Å²) >= 11 is 0. The van der Waals surface area contributed by atoms with Crippen molar-refractivity contribution in [1.29, 1.82) is 0 Å². The molecule has 0 atom stereocenters. The SMILES string of the molecule is CCNC(=O)N1CCN(C(=O)/C=C/c2ccc(N3CCCC3=O)cc2)CC1. The number of carbonyl (C=O) groups excluding carboxylic acids is 3. The van der Waals surface area contributed by atoms with Crippen molar-refractivity contribution < 1.29 is 14.4 Å². The van der Waals surface area contributed by atoms with E-state index in [4.69, 9.17) is 0 Å². The summed E-state index contributed by atoms with van der Waals surface area (Å²) in [7, 11) is 0. The Morgan fingerprint density at radius 2 is 1.70 bits per heavy atom. The minimum atomic E-state index is -0.0725. The van der Waals surface area contributed by atoms with Crippen molar-refractivity contribution in [3.8, 4) is 0 Å². The molecule has 0 aromatic heterocycles. The highest BCUT2D eigenvalue weighted by atomic mass is 16.2. The zero-order chi connectivity index (χ0) is 19.2. The number of carbonyl (C=O) groups is 3. The van der Waals surface area contributed by atoms with Gasteiger partial charge in [0.1, 0.15) is 0 Å². The average molecular weight is 370 g/mol. The van der Waals surface area contributed by atoms with Crippen LogP contribution in [0.4, 0.5) is 10.5 Å². The second kappa shape index (κ2) is 8.70. The quantitative estimate of drug-likeness (QED) is 0.820. The van der Waals surface area contributed by atoms with E-state index in [1.807, 2.05) is 31.2 Å². The van der Waals surface area contributed by atoms with Gasteiger partial charge in [0.25, 0.3) is 0 Å². The summed E-state index contributed by atoms with van der Waals surface area (Å²) in [4.78, 5) is 41.2. The van der Waals surface area contributed by atoms with Gasteiger partial charge in [-0.05, 0) is 37.1 Å². The molecular weight excluding hydrogens is 344 g/mol. The Hall–Kier alpha value is -2.83. The van der Waals surface area contributed by atoms with Gasteiger partial charge < -0.3 is 20.0 Å². The molecule has 2 fully saturated rings. The zero-order valence-electron chi connectivity index (χ0n) is 15.7. The molecule has 2 aliphatic heterocycles. The molecule has 2 saturated heterocycles. The highest BCUT2D eigenvalue weighted by Gasteiger charge is 2.23. The third-order valence-electron chi connectivity index (χ3n) is 4.90. The lowest BCUT2D eigenvalue weighted by Crippen LogP contribution is -2.52. The number of hydrogen-bond acceptors (Lipinski definition) is 3. The van der Waals surface area contributed by atoms with Gasteiger partial charge in [-0.3, -0.25) is 9.59 Å². The smallest absolute Gasteiger partial charge is 0.317 e. The van der Waals surface area contributed by atoms with E-state index in [2.05, 4.69) is 5.32 Å². The molecular formula is C20H26N4O3. The monoisotopic (exact) mass is 370 g/mol. The van der Waals surface area contributed by atoms with Crippen LogP contribution in [-0.2, 0) is 9.59 Å². The van der Waals surface area contributed by atoms with Crippen LogP contribution in [0.25, 0.3) is 6.08 Å². The Balaban J connectivity index is 1.51. The molecule has 0 bridgehead atoms. The van der Waals surface area contributed by atoms with Gasteiger partial charge >= 0.3 is 6.03 Å². The lowest BCUT2D eigenvalue weighted by molar-refractivity contribution is -0.127. The second-order valence-electron chi connectivity index (χ2n) is 6.72. The highest BCUT2D eigenvalue weighted by molar-refractivity contribution is 5.95. The Kier molecular flexibility index (Phi) is 6.11. The van der Waals surface area contributed by atoms with Crippen LogP contribution in [0.1, 0.15) is 25.3 Å². The van der Waals surface area contributed by atoms with Gasteiger partial charge in [-0.15, -0.1) is 0 Å². The van der Waals surface area contributed by atoms with Crippen molar-refractivity contribution in [1.82, 2.24) is 15.1 Å². The minimum absolute atomic E-state index is 0.0515. The number of piperazine rings is 1. The molecule has 1 aromatic carbocycles. The fourth-order valence-electron chi connectivity index (χ4n) is 3.35. The number of anilines is 1. The Morgan fingerprint density at radius 3 is 2.30 bits per heavy atom. The summed E-state index contributed by atoms with van der Waals surface area (Å²) in [6, 6.07) is 7.59.